The Hall–Kier alpha value is -1.46. The number of hydrogen-bond acceptors (Lipinski definition) is 3. The second kappa shape index (κ2) is 6.36. The zero-order valence-corrected chi connectivity index (χ0v) is 15.7. The van der Waals surface area contributed by atoms with E-state index in [1.54, 1.807) is 24.3 Å². The van der Waals surface area contributed by atoms with Crippen molar-refractivity contribution in [1.82, 2.24) is 0 Å². The SMILES string of the molecule is CC(C)(C)c1cc(C=C(P(=O)(O)O)P(=O)(O)O)c2ccccc2c1O. The van der Waals surface area contributed by atoms with E-state index in [9.17, 15) is 33.8 Å². The third kappa shape index (κ3) is 4.21. The van der Waals surface area contributed by atoms with Crippen LogP contribution in [-0.2, 0) is 14.5 Å². The van der Waals surface area contributed by atoms with Gasteiger partial charge in [-0.2, -0.15) is 0 Å². The molecule has 0 atom stereocenters. The van der Waals surface area contributed by atoms with Crippen molar-refractivity contribution in [2.24, 2.45) is 0 Å². The number of fused-ring (bicyclic) bond motifs is 1. The van der Waals surface area contributed by atoms with Crippen molar-refractivity contribution in [2.45, 2.75) is 26.2 Å². The molecule has 0 unspecified atom stereocenters. The molecule has 0 heterocycles. The summed E-state index contributed by atoms with van der Waals surface area (Å²) in [4.78, 5) is 37.3. The van der Waals surface area contributed by atoms with Gasteiger partial charge in [-0.15, -0.1) is 0 Å². The Morgan fingerprint density at radius 2 is 1.44 bits per heavy atom. The quantitative estimate of drug-likeness (QED) is 0.510. The number of benzene rings is 2. The fraction of sp³-hybridized carbons (Fsp3) is 0.250. The van der Waals surface area contributed by atoms with Crippen molar-refractivity contribution in [2.75, 3.05) is 0 Å². The van der Waals surface area contributed by atoms with Gasteiger partial charge in [-0.05, 0) is 28.5 Å². The highest BCUT2D eigenvalue weighted by molar-refractivity contribution is 7.77. The average Bonchev–Trinajstić information content (AvgIpc) is 2.42. The lowest BCUT2D eigenvalue weighted by Crippen LogP contribution is -2.12. The topological polar surface area (TPSA) is 135 Å². The highest BCUT2D eigenvalue weighted by Crippen LogP contribution is 2.64. The van der Waals surface area contributed by atoms with Gasteiger partial charge in [0.2, 0.25) is 0 Å². The molecule has 0 saturated heterocycles. The van der Waals surface area contributed by atoms with Gasteiger partial charge < -0.3 is 24.7 Å². The molecular weight excluding hydrogens is 366 g/mol. The highest BCUT2D eigenvalue weighted by atomic mass is 31.2. The molecule has 9 heteroatoms. The molecule has 2 aromatic rings. The van der Waals surface area contributed by atoms with Crippen LogP contribution in [0.3, 0.4) is 0 Å². The molecule has 0 spiro atoms. The number of phenols is 1. The minimum Gasteiger partial charge on any atom is -0.507 e. The molecule has 136 valence electrons. The zero-order valence-electron chi connectivity index (χ0n) is 13.9. The summed E-state index contributed by atoms with van der Waals surface area (Å²) in [6, 6.07) is 8.07. The number of hydrogen-bond donors (Lipinski definition) is 5. The largest absolute Gasteiger partial charge is 0.507 e. The van der Waals surface area contributed by atoms with Crippen LogP contribution in [0.1, 0.15) is 31.9 Å². The Kier molecular flexibility index (Phi) is 5.05. The first-order valence-corrected chi connectivity index (χ1v) is 10.5. The average molecular weight is 386 g/mol. The summed E-state index contributed by atoms with van der Waals surface area (Å²) in [6.07, 6.45) is 0.818. The van der Waals surface area contributed by atoms with E-state index >= 15 is 0 Å². The molecule has 0 saturated carbocycles. The molecule has 0 aliphatic heterocycles. The number of aromatic hydroxyl groups is 1. The Balaban J connectivity index is 2.95. The summed E-state index contributed by atoms with van der Waals surface area (Å²) in [6.45, 7) is 5.53. The molecule has 2 rings (SSSR count). The van der Waals surface area contributed by atoms with Crippen LogP contribution in [0.15, 0.2) is 35.4 Å². The third-order valence-corrected chi connectivity index (χ3v) is 6.75. The minimum atomic E-state index is -5.17. The standard InChI is InChI=1S/C16H20O7P2/c1-16(2,3)13-8-10(9-14(24(18,19)20)25(21,22)23)11-6-4-5-7-12(11)15(13)17/h4-9,17H,1-3H3,(H2,18,19,20)(H2,21,22,23). The number of phenolic OH excluding ortho intramolecular Hbond substituents is 1. The van der Waals surface area contributed by atoms with Crippen molar-refractivity contribution in [1.29, 1.82) is 0 Å². The van der Waals surface area contributed by atoms with E-state index < -0.39 is 25.7 Å². The van der Waals surface area contributed by atoms with Crippen LogP contribution in [0, 0.1) is 0 Å². The first-order valence-electron chi connectivity index (χ1n) is 7.32. The van der Waals surface area contributed by atoms with Crippen molar-refractivity contribution in [3.05, 3.63) is 46.5 Å². The molecule has 25 heavy (non-hydrogen) atoms. The van der Waals surface area contributed by atoms with Crippen LogP contribution >= 0.6 is 15.2 Å². The van der Waals surface area contributed by atoms with E-state index in [0.717, 1.165) is 6.08 Å². The lowest BCUT2D eigenvalue weighted by molar-refractivity contribution is 0.368. The van der Waals surface area contributed by atoms with Gasteiger partial charge in [-0.1, -0.05) is 45.0 Å². The summed E-state index contributed by atoms with van der Waals surface area (Å²) >= 11 is 0. The maximum atomic E-state index is 11.6. The molecule has 0 bridgehead atoms. The van der Waals surface area contributed by atoms with E-state index in [2.05, 4.69) is 0 Å². The molecule has 0 aromatic heterocycles. The zero-order chi connectivity index (χ0) is 19.2. The maximum absolute atomic E-state index is 11.6. The maximum Gasteiger partial charge on any atom is 0.364 e. The van der Waals surface area contributed by atoms with E-state index in [4.69, 9.17) is 0 Å². The Labute approximate surface area is 145 Å². The van der Waals surface area contributed by atoms with E-state index in [1.165, 1.54) is 6.07 Å². The van der Waals surface area contributed by atoms with Crippen LogP contribution in [0.4, 0.5) is 0 Å². The van der Waals surface area contributed by atoms with Crippen molar-refractivity contribution in [3.8, 4) is 5.75 Å². The van der Waals surface area contributed by atoms with Gasteiger partial charge >= 0.3 is 15.2 Å². The van der Waals surface area contributed by atoms with Gasteiger partial charge in [0, 0.05) is 10.9 Å². The fourth-order valence-corrected chi connectivity index (χ4v) is 4.53. The van der Waals surface area contributed by atoms with Crippen molar-refractivity contribution in [3.63, 3.8) is 0 Å². The smallest absolute Gasteiger partial charge is 0.364 e. The van der Waals surface area contributed by atoms with Crippen LogP contribution in [-0.4, -0.2) is 24.7 Å². The van der Waals surface area contributed by atoms with Crippen LogP contribution in [0.2, 0.25) is 0 Å². The predicted molar refractivity (Wildman–Crippen MR) is 96.4 cm³/mol. The minimum absolute atomic E-state index is 0.0224. The van der Waals surface area contributed by atoms with Crippen molar-refractivity contribution >= 4 is 32.0 Å². The Bertz CT molecular complexity index is 921. The second-order valence-corrected chi connectivity index (χ2v) is 10.2. The van der Waals surface area contributed by atoms with Crippen LogP contribution in [0.5, 0.6) is 5.75 Å². The fourth-order valence-electron chi connectivity index (χ4n) is 2.56. The summed E-state index contributed by atoms with van der Waals surface area (Å²) in [7, 11) is -10.3. The molecule has 0 aliphatic rings. The summed E-state index contributed by atoms with van der Waals surface area (Å²) in [5.41, 5.74) is 0.203. The molecule has 0 amide bonds. The van der Waals surface area contributed by atoms with Gasteiger partial charge in [0.05, 0.1) is 0 Å². The Morgan fingerprint density at radius 3 is 1.88 bits per heavy atom. The van der Waals surface area contributed by atoms with E-state index in [0.29, 0.717) is 16.3 Å². The molecule has 2 aromatic carbocycles. The first-order chi connectivity index (χ1) is 11.2. The molecule has 7 nitrogen and oxygen atoms in total. The third-order valence-electron chi connectivity index (χ3n) is 3.74. The van der Waals surface area contributed by atoms with Crippen LogP contribution < -0.4 is 0 Å². The molecule has 0 fully saturated rings. The predicted octanol–water partition coefficient (Wildman–Crippen LogP) is 3.50. The highest BCUT2D eigenvalue weighted by Gasteiger charge is 2.36. The van der Waals surface area contributed by atoms with Crippen LogP contribution in [0.25, 0.3) is 16.8 Å². The molecule has 0 aliphatic carbocycles. The summed E-state index contributed by atoms with van der Waals surface area (Å²) < 4.78 is 23.1. The molecule has 0 radical (unpaired) electrons. The number of rotatable bonds is 3. The molecular formula is C16H20O7P2. The normalized spacial score (nSPS) is 13.1. The van der Waals surface area contributed by atoms with E-state index in [1.807, 2.05) is 20.8 Å². The van der Waals surface area contributed by atoms with E-state index in [-0.39, 0.29) is 11.3 Å². The van der Waals surface area contributed by atoms with Gasteiger partial charge in [-0.25, -0.2) is 0 Å². The monoisotopic (exact) mass is 386 g/mol. The summed E-state index contributed by atoms with van der Waals surface area (Å²) in [5.74, 6) is 0.0224. The first kappa shape index (κ1) is 19.9. The lowest BCUT2D eigenvalue weighted by Gasteiger charge is -2.23. The van der Waals surface area contributed by atoms with Gasteiger partial charge in [0.15, 0.2) is 5.06 Å². The Morgan fingerprint density at radius 1 is 0.960 bits per heavy atom. The van der Waals surface area contributed by atoms with Gasteiger partial charge in [0.1, 0.15) is 5.75 Å². The van der Waals surface area contributed by atoms with Crippen molar-refractivity contribution < 1.29 is 33.8 Å². The van der Waals surface area contributed by atoms with Gasteiger partial charge in [-0.3, -0.25) is 9.13 Å². The second-order valence-electron chi connectivity index (χ2n) is 6.75. The molecule has 5 N–H and O–H groups in total. The lowest BCUT2D eigenvalue weighted by atomic mass is 9.83. The van der Waals surface area contributed by atoms with Gasteiger partial charge in [0.25, 0.3) is 0 Å². The summed E-state index contributed by atoms with van der Waals surface area (Å²) in [5, 5.41) is 10.1.